The van der Waals surface area contributed by atoms with E-state index in [1.54, 1.807) is 83.5 Å². The number of aliphatic hydroxyl groups excluding tert-OH is 1. The predicted molar refractivity (Wildman–Crippen MR) is 173 cm³/mol. The van der Waals surface area contributed by atoms with Crippen molar-refractivity contribution in [1.29, 1.82) is 0 Å². The van der Waals surface area contributed by atoms with E-state index in [0.717, 1.165) is 4.57 Å². The minimum Gasteiger partial charge on any atom is -0.497 e. The number of methoxy groups -OCH3 is 2. The van der Waals surface area contributed by atoms with Crippen molar-refractivity contribution in [3.8, 4) is 34.0 Å². The van der Waals surface area contributed by atoms with E-state index in [0.29, 0.717) is 34.0 Å². The van der Waals surface area contributed by atoms with Crippen molar-refractivity contribution in [2.45, 2.75) is 70.5 Å². The zero-order valence-corrected chi connectivity index (χ0v) is 27.4. The smallest absolute Gasteiger partial charge is 0.334 e. The van der Waals surface area contributed by atoms with Gasteiger partial charge in [0.05, 0.1) is 38.8 Å². The van der Waals surface area contributed by atoms with Crippen molar-refractivity contribution in [1.82, 2.24) is 19.1 Å². The fraction of sp³-hybridized carbons (Fsp3) is 0.441. The van der Waals surface area contributed by atoms with Gasteiger partial charge < -0.3 is 33.5 Å². The highest BCUT2D eigenvalue weighted by Crippen LogP contribution is 2.43. The monoisotopic (exact) mass is 662 g/mol. The first-order valence-corrected chi connectivity index (χ1v) is 15.7. The second kappa shape index (κ2) is 13.5. The number of hydrogen-bond donors (Lipinski definition) is 1. The lowest BCUT2D eigenvalue weighted by atomic mass is 10.0. The Labute approximate surface area is 275 Å². The van der Waals surface area contributed by atoms with Crippen LogP contribution in [0.4, 0.5) is 0 Å². The van der Waals surface area contributed by atoms with Crippen LogP contribution >= 0.6 is 0 Å². The number of carbonyl (C=O) groups excluding carboxylic acids is 1. The highest BCUT2D eigenvalue weighted by atomic mass is 16.8. The molecule has 0 spiro atoms. The third kappa shape index (κ3) is 6.19. The van der Waals surface area contributed by atoms with Crippen molar-refractivity contribution in [3.05, 3.63) is 69.4 Å². The molecule has 48 heavy (non-hydrogen) atoms. The summed E-state index contributed by atoms with van der Waals surface area (Å²) in [6, 6.07) is 14.3. The first kappa shape index (κ1) is 33.3. The van der Waals surface area contributed by atoms with Crippen molar-refractivity contribution in [2.75, 3.05) is 27.4 Å². The summed E-state index contributed by atoms with van der Waals surface area (Å²) < 4.78 is 36.5. The van der Waals surface area contributed by atoms with Gasteiger partial charge in [0.1, 0.15) is 29.8 Å². The molecule has 0 unspecified atom stereocenters. The van der Waals surface area contributed by atoms with E-state index < -0.39 is 54.2 Å². The summed E-state index contributed by atoms with van der Waals surface area (Å²) in [5, 5.41) is 10.2. The Balaban J connectivity index is 1.60. The van der Waals surface area contributed by atoms with Crippen LogP contribution in [0, 0.1) is 0 Å². The topological polar surface area (TPSA) is 162 Å². The van der Waals surface area contributed by atoms with Crippen LogP contribution < -0.4 is 20.7 Å². The predicted octanol–water partition coefficient (Wildman–Crippen LogP) is 3.06. The van der Waals surface area contributed by atoms with E-state index in [4.69, 9.17) is 38.4 Å². The molecule has 2 aliphatic heterocycles. The Morgan fingerprint density at radius 1 is 0.917 bits per heavy atom. The molecule has 4 atom stereocenters. The average molecular weight is 663 g/mol. The molecule has 0 saturated carbocycles. The first-order chi connectivity index (χ1) is 23.1. The fourth-order valence-electron chi connectivity index (χ4n) is 6.13. The van der Waals surface area contributed by atoms with Crippen LogP contribution in [-0.4, -0.2) is 81.7 Å². The van der Waals surface area contributed by atoms with Gasteiger partial charge in [-0.05, 0) is 75.7 Å². The minimum absolute atomic E-state index is 0.000698. The molecule has 4 heterocycles. The van der Waals surface area contributed by atoms with Crippen LogP contribution in [0.5, 0.6) is 11.5 Å². The quantitative estimate of drug-likeness (QED) is 0.234. The Morgan fingerprint density at radius 3 is 2.06 bits per heavy atom. The van der Waals surface area contributed by atoms with Gasteiger partial charge in [0, 0.05) is 24.1 Å². The lowest BCUT2D eigenvalue weighted by Crippen LogP contribution is -2.44. The summed E-state index contributed by atoms with van der Waals surface area (Å²) in [5.41, 5.74) is 0.512. The summed E-state index contributed by atoms with van der Waals surface area (Å²) in [4.78, 5) is 50.5. The molecule has 6 rings (SSSR count). The summed E-state index contributed by atoms with van der Waals surface area (Å²) in [5.74, 6) is -0.212. The van der Waals surface area contributed by atoms with Gasteiger partial charge in [-0.15, -0.1) is 0 Å². The summed E-state index contributed by atoms with van der Waals surface area (Å²) in [7, 11) is 3.13. The normalized spacial score (nSPS) is 21.3. The molecule has 1 N–H and O–H groups in total. The average Bonchev–Trinajstić information content (AvgIpc) is 3.58. The largest absolute Gasteiger partial charge is 0.497 e. The SMILES string of the molecule is CCOC(=O)CCCn1c(=O)c2nc(-c3ccc(OC)cc3)c(-c3ccc(OC)cc3)nc2n([C@@H]2O[C@H](CO)[C@H]3OC(C)(C)O[C@H]32)c1=O. The minimum atomic E-state index is -1.13. The van der Waals surface area contributed by atoms with Gasteiger partial charge in [-0.3, -0.25) is 14.2 Å². The number of benzene rings is 2. The van der Waals surface area contributed by atoms with Crippen LogP contribution in [0.2, 0.25) is 0 Å². The number of nitrogens with zero attached hydrogens (tertiary/aromatic N) is 4. The highest BCUT2D eigenvalue weighted by molar-refractivity contribution is 5.84. The standard InChI is InChI=1S/C34H38N4O10/c1-6-45-24(40)8-7-17-37-31(41)27-30(38(33(37)42)32-29-28(23(18-39)46-32)47-34(2,3)48-29)36-26(20-11-15-22(44-5)16-12-20)25(35-27)19-9-13-21(43-4)14-10-19/h9-16,23,28-29,32,39H,6-8,17-18H2,1-5H3/t23-,28-,29-,32-/m1/s1. The van der Waals surface area contributed by atoms with Gasteiger partial charge in [0.15, 0.2) is 23.2 Å². The molecule has 14 nitrogen and oxygen atoms in total. The molecule has 0 bridgehead atoms. The number of ether oxygens (including phenoxy) is 6. The Hall–Kier alpha value is -4.63. The van der Waals surface area contributed by atoms with Gasteiger partial charge in [0.2, 0.25) is 0 Å². The summed E-state index contributed by atoms with van der Waals surface area (Å²) >= 11 is 0. The van der Waals surface area contributed by atoms with Gasteiger partial charge in [-0.2, -0.15) is 0 Å². The Bertz CT molecular complexity index is 1920. The van der Waals surface area contributed by atoms with Crippen LogP contribution in [0.3, 0.4) is 0 Å². The van der Waals surface area contributed by atoms with Gasteiger partial charge in [-0.25, -0.2) is 19.3 Å². The summed E-state index contributed by atoms with van der Waals surface area (Å²) in [6.45, 7) is 4.89. The third-order valence-electron chi connectivity index (χ3n) is 8.34. The first-order valence-electron chi connectivity index (χ1n) is 15.7. The third-order valence-corrected chi connectivity index (χ3v) is 8.34. The Morgan fingerprint density at radius 2 is 1.50 bits per heavy atom. The van der Waals surface area contributed by atoms with E-state index in [1.165, 1.54) is 4.57 Å². The molecular weight excluding hydrogens is 624 g/mol. The van der Waals surface area contributed by atoms with Gasteiger partial charge in [-0.1, -0.05) is 0 Å². The maximum atomic E-state index is 14.4. The molecule has 2 saturated heterocycles. The van der Waals surface area contributed by atoms with Crippen molar-refractivity contribution >= 4 is 17.1 Å². The molecule has 0 aliphatic carbocycles. The number of aliphatic hydroxyl groups is 1. The second-order valence-electron chi connectivity index (χ2n) is 11.9. The second-order valence-corrected chi connectivity index (χ2v) is 11.9. The van der Waals surface area contributed by atoms with Crippen LogP contribution in [0.15, 0.2) is 58.1 Å². The number of carbonyl (C=O) groups is 1. The van der Waals surface area contributed by atoms with Crippen LogP contribution in [-0.2, 0) is 30.3 Å². The lowest BCUT2D eigenvalue weighted by molar-refractivity contribution is -0.200. The molecule has 4 aromatic rings. The van der Waals surface area contributed by atoms with Crippen LogP contribution in [0.1, 0.15) is 39.8 Å². The number of hydrogen-bond acceptors (Lipinski definition) is 12. The van der Waals surface area contributed by atoms with E-state index in [1.807, 2.05) is 0 Å². The molecule has 0 radical (unpaired) electrons. The molecule has 2 aromatic heterocycles. The zero-order valence-electron chi connectivity index (χ0n) is 27.4. The summed E-state index contributed by atoms with van der Waals surface area (Å²) in [6.07, 6.45) is -3.32. The van der Waals surface area contributed by atoms with Crippen molar-refractivity contribution < 1.29 is 38.3 Å². The van der Waals surface area contributed by atoms with Crippen LogP contribution in [0.25, 0.3) is 33.7 Å². The molecule has 2 aromatic carbocycles. The number of esters is 1. The lowest BCUT2D eigenvalue weighted by Gasteiger charge is -2.25. The van der Waals surface area contributed by atoms with E-state index in [9.17, 15) is 19.5 Å². The maximum Gasteiger partial charge on any atom is 0.334 e. The Kier molecular flexibility index (Phi) is 9.34. The number of aromatic nitrogens is 4. The number of fused-ring (bicyclic) bond motifs is 2. The highest BCUT2D eigenvalue weighted by Gasteiger charge is 2.56. The number of rotatable bonds is 11. The molecule has 0 amide bonds. The van der Waals surface area contributed by atoms with Gasteiger partial charge >= 0.3 is 11.7 Å². The van der Waals surface area contributed by atoms with E-state index in [-0.39, 0.29) is 37.2 Å². The van der Waals surface area contributed by atoms with E-state index >= 15 is 0 Å². The molecule has 2 aliphatic rings. The molecule has 254 valence electrons. The fourth-order valence-corrected chi connectivity index (χ4v) is 6.13. The van der Waals surface area contributed by atoms with Crippen molar-refractivity contribution in [3.63, 3.8) is 0 Å². The maximum absolute atomic E-state index is 14.4. The van der Waals surface area contributed by atoms with Gasteiger partial charge in [0.25, 0.3) is 5.56 Å². The van der Waals surface area contributed by atoms with Crippen molar-refractivity contribution in [2.24, 2.45) is 0 Å². The molecule has 2 fully saturated rings. The molecular formula is C34H38N4O10. The molecule has 14 heteroatoms. The van der Waals surface area contributed by atoms with E-state index in [2.05, 4.69) is 0 Å². The zero-order chi connectivity index (χ0) is 34.2.